The molecule has 3 heterocycles. The Labute approximate surface area is 119 Å². The fourth-order valence-corrected chi connectivity index (χ4v) is 2.96. The molecule has 0 bridgehead atoms. The van der Waals surface area contributed by atoms with Crippen molar-refractivity contribution in [1.82, 2.24) is 15.1 Å². The van der Waals surface area contributed by atoms with Gasteiger partial charge in [-0.1, -0.05) is 23.4 Å². The Balaban J connectivity index is 1.72. The molecule has 1 atom stereocenters. The first-order valence-corrected chi connectivity index (χ1v) is 7.25. The summed E-state index contributed by atoms with van der Waals surface area (Å²) in [7, 11) is 0. The van der Waals surface area contributed by atoms with Crippen molar-refractivity contribution < 1.29 is 9.26 Å². The standard InChI is InChI=1S/C14H11N3O2S/c1-2-4-11-9(3-1)10(5-7-18-11)12-16-13(19-17-12)14-15-6-8-20-14/h1-4,6,8,10H,5,7H2. The van der Waals surface area contributed by atoms with E-state index in [0.29, 0.717) is 18.3 Å². The molecular weight excluding hydrogens is 274 g/mol. The summed E-state index contributed by atoms with van der Waals surface area (Å²) in [5.74, 6) is 2.21. The highest BCUT2D eigenvalue weighted by Gasteiger charge is 2.27. The highest BCUT2D eigenvalue weighted by Crippen LogP contribution is 2.37. The third-order valence-electron chi connectivity index (χ3n) is 3.33. The molecule has 5 nitrogen and oxygen atoms in total. The Bertz CT molecular complexity index is 724. The van der Waals surface area contributed by atoms with Gasteiger partial charge in [0.2, 0.25) is 0 Å². The summed E-state index contributed by atoms with van der Waals surface area (Å²) in [6.07, 6.45) is 2.58. The van der Waals surface area contributed by atoms with Crippen LogP contribution in [0.25, 0.3) is 10.9 Å². The Morgan fingerprint density at radius 1 is 1.25 bits per heavy atom. The minimum Gasteiger partial charge on any atom is -0.493 e. The number of hydrogen-bond acceptors (Lipinski definition) is 6. The van der Waals surface area contributed by atoms with E-state index in [1.54, 1.807) is 6.20 Å². The predicted octanol–water partition coefficient (Wildman–Crippen LogP) is 3.11. The zero-order valence-corrected chi connectivity index (χ0v) is 11.3. The molecule has 1 aliphatic heterocycles. The Hall–Kier alpha value is -2.21. The van der Waals surface area contributed by atoms with Gasteiger partial charge < -0.3 is 9.26 Å². The summed E-state index contributed by atoms with van der Waals surface area (Å²) in [4.78, 5) is 8.68. The van der Waals surface area contributed by atoms with Crippen LogP contribution in [0, 0.1) is 0 Å². The number of nitrogens with zero attached hydrogens (tertiary/aromatic N) is 3. The summed E-state index contributed by atoms with van der Waals surface area (Å²) in [6.45, 7) is 0.669. The van der Waals surface area contributed by atoms with E-state index in [1.807, 2.05) is 23.6 Å². The van der Waals surface area contributed by atoms with Gasteiger partial charge in [-0.15, -0.1) is 11.3 Å². The molecule has 2 aromatic heterocycles. The van der Waals surface area contributed by atoms with Gasteiger partial charge in [-0.05, 0) is 12.5 Å². The molecule has 1 aliphatic rings. The molecule has 1 unspecified atom stereocenters. The van der Waals surface area contributed by atoms with Gasteiger partial charge in [0, 0.05) is 17.1 Å². The maximum absolute atomic E-state index is 5.66. The molecule has 0 amide bonds. The highest BCUT2D eigenvalue weighted by molar-refractivity contribution is 7.12. The maximum atomic E-state index is 5.66. The molecule has 3 aromatic rings. The summed E-state index contributed by atoms with van der Waals surface area (Å²) < 4.78 is 11.0. The van der Waals surface area contributed by atoms with Crippen molar-refractivity contribution in [3.8, 4) is 16.6 Å². The van der Waals surface area contributed by atoms with Crippen LogP contribution in [-0.4, -0.2) is 21.7 Å². The van der Waals surface area contributed by atoms with Gasteiger partial charge in [0.05, 0.1) is 12.5 Å². The summed E-state index contributed by atoms with van der Waals surface area (Å²) in [5, 5.41) is 6.77. The third kappa shape index (κ3) is 1.89. The van der Waals surface area contributed by atoms with Crippen molar-refractivity contribution in [1.29, 1.82) is 0 Å². The van der Waals surface area contributed by atoms with E-state index < -0.39 is 0 Å². The quantitative estimate of drug-likeness (QED) is 0.724. The zero-order valence-electron chi connectivity index (χ0n) is 10.5. The number of fused-ring (bicyclic) bond motifs is 1. The molecule has 4 rings (SSSR count). The predicted molar refractivity (Wildman–Crippen MR) is 73.8 cm³/mol. The van der Waals surface area contributed by atoms with Gasteiger partial charge >= 0.3 is 0 Å². The minimum atomic E-state index is 0.123. The first kappa shape index (κ1) is 11.6. The van der Waals surface area contributed by atoms with Crippen molar-refractivity contribution in [2.45, 2.75) is 12.3 Å². The van der Waals surface area contributed by atoms with E-state index in [9.17, 15) is 0 Å². The van der Waals surface area contributed by atoms with Crippen molar-refractivity contribution in [3.05, 3.63) is 47.2 Å². The number of ether oxygens (including phenoxy) is 1. The molecule has 20 heavy (non-hydrogen) atoms. The monoisotopic (exact) mass is 285 g/mol. The second-order valence-electron chi connectivity index (χ2n) is 4.52. The summed E-state index contributed by atoms with van der Waals surface area (Å²) in [5.41, 5.74) is 1.12. The molecule has 1 aromatic carbocycles. The van der Waals surface area contributed by atoms with Gasteiger partial charge in [0.1, 0.15) is 5.75 Å². The summed E-state index contributed by atoms with van der Waals surface area (Å²) >= 11 is 1.49. The number of para-hydroxylation sites is 1. The fraction of sp³-hybridized carbons (Fsp3) is 0.214. The first-order chi connectivity index (χ1) is 9.92. The van der Waals surface area contributed by atoms with Gasteiger partial charge in [0.25, 0.3) is 5.89 Å². The molecule has 0 spiro atoms. The van der Waals surface area contributed by atoms with E-state index in [-0.39, 0.29) is 5.92 Å². The second kappa shape index (κ2) is 4.72. The lowest BCUT2D eigenvalue weighted by Gasteiger charge is -2.23. The van der Waals surface area contributed by atoms with Gasteiger partial charge in [-0.2, -0.15) is 4.98 Å². The molecule has 0 saturated heterocycles. The van der Waals surface area contributed by atoms with Crippen molar-refractivity contribution in [2.24, 2.45) is 0 Å². The highest BCUT2D eigenvalue weighted by atomic mass is 32.1. The number of benzene rings is 1. The van der Waals surface area contributed by atoms with E-state index >= 15 is 0 Å². The fourth-order valence-electron chi connectivity index (χ4n) is 2.40. The second-order valence-corrected chi connectivity index (χ2v) is 5.42. The van der Waals surface area contributed by atoms with Crippen LogP contribution in [0.15, 0.2) is 40.4 Å². The van der Waals surface area contributed by atoms with Crippen LogP contribution in [0.3, 0.4) is 0 Å². The van der Waals surface area contributed by atoms with Gasteiger partial charge in [0.15, 0.2) is 10.8 Å². The molecule has 0 aliphatic carbocycles. The maximum Gasteiger partial charge on any atom is 0.286 e. The van der Waals surface area contributed by atoms with Crippen LogP contribution < -0.4 is 4.74 Å². The number of aromatic nitrogens is 3. The van der Waals surface area contributed by atoms with E-state index in [1.165, 1.54) is 11.3 Å². The van der Waals surface area contributed by atoms with Crippen LogP contribution in [-0.2, 0) is 0 Å². The molecule has 6 heteroatoms. The number of rotatable bonds is 2. The zero-order chi connectivity index (χ0) is 13.4. The lowest BCUT2D eigenvalue weighted by Crippen LogP contribution is -2.16. The van der Waals surface area contributed by atoms with Crippen LogP contribution in [0.4, 0.5) is 0 Å². The topological polar surface area (TPSA) is 61.0 Å². The van der Waals surface area contributed by atoms with Gasteiger partial charge in [-0.3, -0.25) is 0 Å². The molecule has 0 N–H and O–H groups in total. The Kier molecular flexibility index (Phi) is 2.74. The molecule has 0 fully saturated rings. The van der Waals surface area contributed by atoms with E-state index in [4.69, 9.17) is 9.26 Å². The van der Waals surface area contributed by atoms with Crippen LogP contribution in [0.5, 0.6) is 5.75 Å². The largest absolute Gasteiger partial charge is 0.493 e. The molecule has 100 valence electrons. The molecular formula is C14H11N3O2S. The average Bonchev–Trinajstić information content (AvgIpc) is 3.17. The Morgan fingerprint density at radius 2 is 2.20 bits per heavy atom. The van der Waals surface area contributed by atoms with E-state index in [2.05, 4.69) is 21.2 Å². The van der Waals surface area contributed by atoms with Crippen LogP contribution in [0.2, 0.25) is 0 Å². The van der Waals surface area contributed by atoms with Crippen molar-refractivity contribution in [3.63, 3.8) is 0 Å². The molecule has 0 saturated carbocycles. The number of hydrogen-bond donors (Lipinski definition) is 0. The normalized spacial score (nSPS) is 17.5. The van der Waals surface area contributed by atoms with Crippen molar-refractivity contribution >= 4 is 11.3 Å². The van der Waals surface area contributed by atoms with Crippen molar-refractivity contribution in [2.75, 3.05) is 6.61 Å². The lowest BCUT2D eigenvalue weighted by atomic mass is 9.92. The van der Waals surface area contributed by atoms with Crippen LogP contribution >= 0.6 is 11.3 Å². The third-order valence-corrected chi connectivity index (χ3v) is 4.09. The smallest absolute Gasteiger partial charge is 0.286 e. The first-order valence-electron chi connectivity index (χ1n) is 6.37. The lowest BCUT2D eigenvalue weighted by molar-refractivity contribution is 0.272. The Morgan fingerprint density at radius 3 is 3.10 bits per heavy atom. The average molecular weight is 285 g/mol. The molecule has 0 radical (unpaired) electrons. The number of thiazole rings is 1. The van der Waals surface area contributed by atoms with E-state index in [0.717, 1.165) is 22.7 Å². The summed E-state index contributed by atoms with van der Waals surface area (Å²) in [6, 6.07) is 8.00. The minimum absolute atomic E-state index is 0.123. The van der Waals surface area contributed by atoms with Gasteiger partial charge in [-0.25, -0.2) is 4.98 Å². The van der Waals surface area contributed by atoms with Crippen LogP contribution in [0.1, 0.15) is 23.7 Å². The SMILES string of the molecule is c1ccc2c(c1)OCCC2c1noc(-c2nccs2)n1.